The van der Waals surface area contributed by atoms with Crippen molar-refractivity contribution in [2.45, 2.75) is 0 Å². The molecule has 1 aromatic heterocycles. The second-order valence-corrected chi connectivity index (χ2v) is 4.81. The Balaban J connectivity index is 1.95. The van der Waals surface area contributed by atoms with E-state index in [1.165, 1.54) is 18.4 Å². The predicted molar refractivity (Wildman–Crippen MR) is 76.2 cm³/mol. The van der Waals surface area contributed by atoms with Crippen LogP contribution in [-0.2, 0) is 9.53 Å². The van der Waals surface area contributed by atoms with Gasteiger partial charge in [0.05, 0.1) is 4.88 Å². The highest BCUT2D eigenvalue weighted by molar-refractivity contribution is 7.12. The summed E-state index contributed by atoms with van der Waals surface area (Å²) in [6.45, 7) is -0.100. The van der Waals surface area contributed by atoms with Crippen molar-refractivity contribution in [3.8, 4) is 5.75 Å². The Morgan fingerprint density at radius 1 is 1.20 bits per heavy atom. The number of hydrogen-bond acceptors (Lipinski definition) is 5. The van der Waals surface area contributed by atoms with E-state index in [1.807, 2.05) is 11.4 Å². The van der Waals surface area contributed by atoms with Gasteiger partial charge in [-0.3, -0.25) is 4.79 Å². The fourth-order valence-electron chi connectivity index (χ4n) is 1.49. The summed E-state index contributed by atoms with van der Waals surface area (Å²) in [5.74, 6) is -0.229. The lowest BCUT2D eigenvalue weighted by Gasteiger charge is -2.06. The molecule has 2 aromatic rings. The Kier molecular flexibility index (Phi) is 4.86. The highest BCUT2D eigenvalue weighted by atomic mass is 32.1. The smallest absolute Gasteiger partial charge is 0.337 e. The van der Waals surface area contributed by atoms with Gasteiger partial charge in [0.1, 0.15) is 12.4 Å². The average Bonchev–Trinajstić information content (AvgIpc) is 2.95. The summed E-state index contributed by atoms with van der Waals surface area (Å²) in [4.78, 5) is 23.7. The van der Waals surface area contributed by atoms with Crippen LogP contribution < -0.4 is 10.1 Å². The largest absolute Gasteiger partial charge is 0.425 e. The zero-order valence-electron chi connectivity index (χ0n) is 10.8. The van der Waals surface area contributed by atoms with E-state index < -0.39 is 5.97 Å². The van der Waals surface area contributed by atoms with Crippen molar-refractivity contribution >= 4 is 28.9 Å². The van der Waals surface area contributed by atoms with Crippen molar-refractivity contribution in [2.75, 3.05) is 19.0 Å². The Bertz CT molecular complexity index is 578. The van der Waals surface area contributed by atoms with Gasteiger partial charge in [0.25, 0.3) is 5.91 Å². The van der Waals surface area contributed by atoms with Gasteiger partial charge in [-0.1, -0.05) is 6.07 Å². The molecule has 0 spiro atoms. The quantitative estimate of drug-likeness (QED) is 0.679. The minimum Gasteiger partial charge on any atom is -0.425 e. The fraction of sp³-hybridized carbons (Fsp3) is 0.143. The predicted octanol–water partition coefficient (Wildman–Crippen LogP) is 2.55. The number of carbonyl (C=O) groups excluding carboxylic acids is 2. The third-order valence-corrected chi connectivity index (χ3v) is 3.22. The van der Waals surface area contributed by atoms with E-state index in [-0.39, 0.29) is 12.5 Å². The third kappa shape index (κ3) is 3.91. The molecule has 0 saturated heterocycles. The second-order valence-electron chi connectivity index (χ2n) is 3.86. The first-order valence-corrected chi connectivity index (χ1v) is 6.71. The molecule has 20 heavy (non-hydrogen) atoms. The molecule has 0 aliphatic carbocycles. The van der Waals surface area contributed by atoms with Crippen LogP contribution in [0.3, 0.4) is 0 Å². The number of esters is 1. The molecule has 1 amide bonds. The number of amides is 1. The lowest BCUT2D eigenvalue weighted by molar-refractivity contribution is -0.138. The number of ether oxygens (including phenoxy) is 2. The van der Waals surface area contributed by atoms with Crippen molar-refractivity contribution in [1.82, 2.24) is 0 Å². The Morgan fingerprint density at radius 3 is 2.55 bits per heavy atom. The summed E-state index contributed by atoms with van der Waals surface area (Å²) in [5, 5.41) is 4.60. The molecule has 5 nitrogen and oxygen atoms in total. The van der Waals surface area contributed by atoms with Crippen LogP contribution in [0.4, 0.5) is 5.69 Å². The number of anilines is 1. The molecule has 0 fully saturated rings. The molecule has 104 valence electrons. The van der Waals surface area contributed by atoms with Gasteiger partial charge >= 0.3 is 5.97 Å². The van der Waals surface area contributed by atoms with Gasteiger partial charge in [0, 0.05) is 12.8 Å². The molecule has 0 aliphatic rings. The standard InChI is InChI=1S/C14H13NO4S/c1-18-9-13(16)19-11-6-4-10(5-7-11)15-14(17)12-3-2-8-20-12/h2-8H,9H2,1H3,(H,15,17). The van der Waals surface area contributed by atoms with E-state index in [4.69, 9.17) is 4.74 Å². The monoisotopic (exact) mass is 291 g/mol. The van der Waals surface area contributed by atoms with E-state index >= 15 is 0 Å². The average molecular weight is 291 g/mol. The zero-order chi connectivity index (χ0) is 14.4. The van der Waals surface area contributed by atoms with Gasteiger partial charge in [0.2, 0.25) is 0 Å². The van der Waals surface area contributed by atoms with Crippen LogP contribution in [0.1, 0.15) is 9.67 Å². The maximum Gasteiger partial charge on any atom is 0.337 e. The van der Waals surface area contributed by atoms with Crippen molar-refractivity contribution in [3.05, 3.63) is 46.7 Å². The van der Waals surface area contributed by atoms with Crippen molar-refractivity contribution in [3.63, 3.8) is 0 Å². The Hall–Kier alpha value is -2.18. The van der Waals surface area contributed by atoms with E-state index in [1.54, 1.807) is 30.3 Å². The SMILES string of the molecule is COCC(=O)Oc1ccc(NC(=O)c2cccs2)cc1. The van der Waals surface area contributed by atoms with Gasteiger partial charge in [-0.15, -0.1) is 11.3 Å². The number of methoxy groups -OCH3 is 1. The molecule has 1 heterocycles. The molecule has 0 bridgehead atoms. The first-order chi connectivity index (χ1) is 9.69. The van der Waals surface area contributed by atoms with Crippen LogP contribution in [0.5, 0.6) is 5.75 Å². The summed E-state index contributed by atoms with van der Waals surface area (Å²) < 4.78 is 9.68. The van der Waals surface area contributed by atoms with Crippen LogP contribution in [0, 0.1) is 0 Å². The Morgan fingerprint density at radius 2 is 1.95 bits per heavy atom. The summed E-state index contributed by atoms with van der Waals surface area (Å²) in [7, 11) is 1.42. The number of benzene rings is 1. The Labute approximate surface area is 120 Å². The van der Waals surface area contributed by atoms with Crippen molar-refractivity contribution in [1.29, 1.82) is 0 Å². The van der Waals surface area contributed by atoms with Crippen LogP contribution >= 0.6 is 11.3 Å². The van der Waals surface area contributed by atoms with Gasteiger partial charge in [-0.2, -0.15) is 0 Å². The van der Waals surface area contributed by atoms with Crippen LogP contribution in [-0.4, -0.2) is 25.6 Å². The van der Waals surface area contributed by atoms with Crippen LogP contribution in [0.25, 0.3) is 0 Å². The first-order valence-electron chi connectivity index (χ1n) is 5.83. The minimum atomic E-state index is -0.470. The number of hydrogen-bond donors (Lipinski definition) is 1. The summed E-state index contributed by atoms with van der Waals surface area (Å²) >= 11 is 1.37. The van der Waals surface area contributed by atoms with Gasteiger partial charge in [-0.05, 0) is 35.7 Å². The van der Waals surface area contributed by atoms with E-state index in [2.05, 4.69) is 10.1 Å². The summed E-state index contributed by atoms with van der Waals surface area (Å²) in [6.07, 6.45) is 0. The number of nitrogens with one attached hydrogen (secondary N) is 1. The minimum absolute atomic E-state index is 0.100. The molecule has 0 radical (unpaired) electrons. The van der Waals surface area contributed by atoms with E-state index in [0.717, 1.165) is 0 Å². The zero-order valence-corrected chi connectivity index (χ0v) is 11.6. The van der Waals surface area contributed by atoms with Crippen molar-refractivity contribution in [2.24, 2.45) is 0 Å². The molecule has 1 N–H and O–H groups in total. The first kappa shape index (κ1) is 14.2. The lowest BCUT2D eigenvalue weighted by atomic mass is 10.3. The number of thiophene rings is 1. The molecular weight excluding hydrogens is 278 g/mol. The van der Waals surface area contributed by atoms with Crippen LogP contribution in [0.15, 0.2) is 41.8 Å². The molecule has 1 aromatic carbocycles. The highest BCUT2D eigenvalue weighted by Crippen LogP contribution is 2.17. The fourth-order valence-corrected chi connectivity index (χ4v) is 2.10. The molecule has 0 saturated carbocycles. The van der Waals surface area contributed by atoms with E-state index in [0.29, 0.717) is 16.3 Å². The second kappa shape index (κ2) is 6.83. The van der Waals surface area contributed by atoms with Gasteiger partial charge in [-0.25, -0.2) is 4.79 Å². The van der Waals surface area contributed by atoms with Crippen molar-refractivity contribution < 1.29 is 19.1 Å². The van der Waals surface area contributed by atoms with Gasteiger partial charge in [0.15, 0.2) is 0 Å². The summed E-state index contributed by atoms with van der Waals surface area (Å²) in [5.41, 5.74) is 0.634. The molecular formula is C14H13NO4S. The van der Waals surface area contributed by atoms with Gasteiger partial charge < -0.3 is 14.8 Å². The number of rotatable bonds is 5. The maximum atomic E-state index is 11.8. The normalized spacial score (nSPS) is 10.1. The van der Waals surface area contributed by atoms with E-state index in [9.17, 15) is 9.59 Å². The molecule has 6 heteroatoms. The highest BCUT2D eigenvalue weighted by Gasteiger charge is 2.07. The third-order valence-electron chi connectivity index (χ3n) is 2.35. The number of carbonyl (C=O) groups is 2. The molecule has 0 aliphatic heterocycles. The topological polar surface area (TPSA) is 64.6 Å². The molecule has 2 rings (SSSR count). The molecule has 0 atom stereocenters. The molecule has 0 unspecified atom stereocenters. The lowest BCUT2D eigenvalue weighted by Crippen LogP contribution is -2.14. The summed E-state index contributed by atoms with van der Waals surface area (Å²) in [6, 6.07) is 10.1. The van der Waals surface area contributed by atoms with Crippen LogP contribution in [0.2, 0.25) is 0 Å². The maximum absolute atomic E-state index is 11.8.